The first-order valence-electron chi connectivity index (χ1n) is 9.87. The van der Waals surface area contributed by atoms with Gasteiger partial charge in [0, 0.05) is 16.8 Å². The van der Waals surface area contributed by atoms with Crippen molar-refractivity contribution in [2.75, 3.05) is 6.54 Å². The second-order valence-corrected chi connectivity index (χ2v) is 9.40. The van der Waals surface area contributed by atoms with E-state index in [9.17, 15) is 8.42 Å². The van der Waals surface area contributed by atoms with E-state index in [2.05, 4.69) is 5.10 Å². The number of nitrogens with two attached hydrogens (primary N) is 1. The number of nitrogens with zero attached hydrogens (tertiary/aromatic N) is 2. The summed E-state index contributed by atoms with van der Waals surface area (Å²) in [5.41, 5.74) is 7.55. The first-order chi connectivity index (χ1) is 13.9. The van der Waals surface area contributed by atoms with Crippen LogP contribution in [0.3, 0.4) is 0 Å². The molecule has 0 radical (unpaired) electrons. The van der Waals surface area contributed by atoms with Crippen molar-refractivity contribution in [2.24, 2.45) is 5.73 Å². The van der Waals surface area contributed by atoms with Gasteiger partial charge in [-0.3, -0.25) is 4.68 Å². The molecule has 3 aromatic carbocycles. The zero-order valence-corrected chi connectivity index (χ0v) is 17.5. The molecule has 0 aliphatic rings. The molecular weight excluding hydrogens is 382 g/mol. The number of hydrogen-bond acceptors (Lipinski definition) is 4. The Morgan fingerprint density at radius 2 is 1.76 bits per heavy atom. The van der Waals surface area contributed by atoms with Gasteiger partial charge in [-0.25, -0.2) is 8.42 Å². The summed E-state index contributed by atoms with van der Waals surface area (Å²) in [6.07, 6.45) is 1.67. The average Bonchev–Trinajstić information content (AvgIpc) is 3.11. The summed E-state index contributed by atoms with van der Waals surface area (Å²) in [6, 6.07) is 18.9. The number of sulfone groups is 1. The van der Waals surface area contributed by atoms with Crippen molar-refractivity contribution in [1.29, 1.82) is 0 Å². The molecule has 2 N–H and O–H groups in total. The first kappa shape index (κ1) is 19.6. The van der Waals surface area contributed by atoms with Crippen molar-refractivity contribution in [3.8, 4) is 0 Å². The molecule has 4 rings (SSSR count). The fourth-order valence-corrected chi connectivity index (χ4v) is 5.34. The summed E-state index contributed by atoms with van der Waals surface area (Å²) in [5.74, 6) is 0. The van der Waals surface area contributed by atoms with Crippen molar-refractivity contribution in [2.45, 2.75) is 42.7 Å². The molecule has 29 heavy (non-hydrogen) atoms. The van der Waals surface area contributed by atoms with E-state index in [0.29, 0.717) is 22.2 Å². The van der Waals surface area contributed by atoms with Gasteiger partial charge in [0.1, 0.15) is 0 Å². The SMILES string of the molecule is CC(C)n1nc(S(=O)(=O)c2cccc3ccccc23)c2cc(CCCN)ccc21. The largest absolute Gasteiger partial charge is 0.330 e. The van der Waals surface area contributed by atoms with E-state index < -0.39 is 9.84 Å². The Morgan fingerprint density at radius 1 is 1.00 bits per heavy atom. The van der Waals surface area contributed by atoms with Crippen LogP contribution in [-0.4, -0.2) is 24.7 Å². The van der Waals surface area contributed by atoms with Gasteiger partial charge >= 0.3 is 0 Å². The maximum atomic E-state index is 13.7. The van der Waals surface area contributed by atoms with Crippen molar-refractivity contribution < 1.29 is 8.42 Å². The van der Waals surface area contributed by atoms with E-state index >= 15 is 0 Å². The second-order valence-electron chi connectivity index (χ2n) is 7.57. The highest BCUT2D eigenvalue weighted by atomic mass is 32.2. The highest BCUT2D eigenvalue weighted by molar-refractivity contribution is 7.91. The van der Waals surface area contributed by atoms with Gasteiger partial charge in [-0.15, -0.1) is 0 Å². The molecule has 0 saturated carbocycles. The van der Waals surface area contributed by atoms with E-state index in [0.717, 1.165) is 29.3 Å². The predicted octanol–water partition coefficient (Wildman–Crippen LogP) is 4.49. The molecule has 0 fully saturated rings. The molecule has 1 aromatic heterocycles. The fraction of sp³-hybridized carbons (Fsp3) is 0.261. The van der Waals surface area contributed by atoms with Crippen molar-refractivity contribution in [3.63, 3.8) is 0 Å². The summed E-state index contributed by atoms with van der Waals surface area (Å²) in [4.78, 5) is 0.290. The molecule has 0 unspecified atom stereocenters. The van der Waals surface area contributed by atoms with Gasteiger partial charge in [-0.05, 0) is 62.4 Å². The van der Waals surface area contributed by atoms with Gasteiger partial charge in [0.25, 0.3) is 0 Å². The minimum atomic E-state index is -3.80. The van der Waals surface area contributed by atoms with E-state index in [1.807, 2.05) is 62.4 Å². The summed E-state index contributed by atoms with van der Waals surface area (Å²) in [5, 5.41) is 6.96. The van der Waals surface area contributed by atoms with Gasteiger partial charge in [-0.1, -0.05) is 42.5 Å². The molecule has 0 aliphatic heterocycles. The van der Waals surface area contributed by atoms with Crippen LogP contribution in [0.25, 0.3) is 21.7 Å². The monoisotopic (exact) mass is 407 g/mol. The number of aryl methyl sites for hydroxylation is 1. The summed E-state index contributed by atoms with van der Waals surface area (Å²) in [6.45, 7) is 4.61. The molecule has 0 atom stereocenters. The van der Waals surface area contributed by atoms with Crippen LogP contribution < -0.4 is 5.73 Å². The van der Waals surface area contributed by atoms with Gasteiger partial charge in [0.05, 0.1) is 10.4 Å². The lowest BCUT2D eigenvalue weighted by Crippen LogP contribution is -2.07. The third kappa shape index (κ3) is 3.43. The Morgan fingerprint density at radius 3 is 2.52 bits per heavy atom. The van der Waals surface area contributed by atoms with Crippen LogP contribution in [0.2, 0.25) is 0 Å². The maximum Gasteiger partial charge on any atom is 0.226 e. The smallest absolute Gasteiger partial charge is 0.226 e. The Kier molecular flexibility index (Phi) is 5.15. The quantitative estimate of drug-likeness (QED) is 0.511. The van der Waals surface area contributed by atoms with Crippen LogP contribution in [0.15, 0.2) is 70.6 Å². The molecule has 1 heterocycles. The van der Waals surface area contributed by atoms with Crippen LogP contribution in [0.4, 0.5) is 0 Å². The van der Waals surface area contributed by atoms with Crippen LogP contribution in [0, 0.1) is 0 Å². The van der Waals surface area contributed by atoms with Crippen LogP contribution >= 0.6 is 0 Å². The highest BCUT2D eigenvalue weighted by Crippen LogP contribution is 2.33. The van der Waals surface area contributed by atoms with E-state index in [4.69, 9.17) is 5.73 Å². The van der Waals surface area contributed by atoms with Gasteiger partial charge < -0.3 is 5.73 Å². The molecule has 0 saturated heterocycles. The van der Waals surface area contributed by atoms with E-state index in [1.54, 1.807) is 16.8 Å². The predicted molar refractivity (Wildman–Crippen MR) is 117 cm³/mol. The Labute approximate surface area is 171 Å². The molecule has 150 valence electrons. The number of rotatable bonds is 6. The molecule has 0 bridgehead atoms. The van der Waals surface area contributed by atoms with Crippen molar-refractivity contribution in [1.82, 2.24) is 9.78 Å². The third-order valence-corrected chi connectivity index (χ3v) is 6.93. The lowest BCUT2D eigenvalue weighted by molar-refractivity contribution is 0.531. The zero-order chi connectivity index (χ0) is 20.6. The number of hydrogen-bond donors (Lipinski definition) is 1. The molecule has 4 aromatic rings. The molecule has 5 nitrogen and oxygen atoms in total. The summed E-state index contributed by atoms with van der Waals surface area (Å²) >= 11 is 0. The number of fused-ring (bicyclic) bond motifs is 2. The average molecular weight is 408 g/mol. The van der Waals surface area contributed by atoms with Crippen molar-refractivity contribution >= 4 is 31.5 Å². The standard InChI is InChI=1S/C23H25N3O2S/c1-16(2)26-21-13-12-17(7-6-14-24)15-20(21)23(25-26)29(27,28)22-11-5-9-18-8-3-4-10-19(18)22/h3-5,8-13,15-16H,6-7,14,24H2,1-2H3. The second kappa shape index (κ2) is 7.61. The molecule has 6 heteroatoms. The Bertz CT molecular complexity index is 1280. The number of benzene rings is 3. The Hall–Kier alpha value is -2.70. The molecular formula is C23H25N3O2S. The minimum Gasteiger partial charge on any atom is -0.330 e. The highest BCUT2D eigenvalue weighted by Gasteiger charge is 2.27. The lowest BCUT2D eigenvalue weighted by atomic mass is 10.1. The summed E-state index contributed by atoms with van der Waals surface area (Å²) in [7, 11) is -3.80. The summed E-state index contributed by atoms with van der Waals surface area (Å²) < 4.78 is 29.2. The molecule has 0 aliphatic carbocycles. The van der Waals surface area contributed by atoms with E-state index in [1.165, 1.54) is 0 Å². The maximum absolute atomic E-state index is 13.7. The van der Waals surface area contributed by atoms with Crippen LogP contribution in [-0.2, 0) is 16.3 Å². The van der Waals surface area contributed by atoms with Gasteiger partial charge in [0.2, 0.25) is 9.84 Å². The Balaban J connectivity index is 1.98. The fourth-order valence-electron chi connectivity index (χ4n) is 3.75. The van der Waals surface area contributed by atoms with E-state index in [-0.39, 0.29) is 11.1 Å². The van der Waals surface area contributed by atoms with Gasteiger partial charge in [-0.2, -0.15) is 5.10 Å². The normalized spacial score (nSPS) is 12.3. The molecule has 0 amide bonds. The van der Waals surface area contributed by atoms with Crippen LogP contribution in [0.5, 0.6) is 0 Å². The topological polar surface area (TPSA) is 78.0 Å². The molecule has 0 spiro atoms. The lowest BCUT2D eigenvalue weighted by Gasteiger charge is -2.07. The minimum absolute atomic E-state index is 0.0452. The first-order valence-corrected chi connectivity index (χ1v) is 11.4. The number of aromatic nitrogens is 2. The zero-order valence-electron chi connectivity index (χ0n) is 16.7. The van der Waals surface area contributed by atoms with Crippen LogP contribution in [0.1, 0.15) is 31.9 Å². The van der Waals surface area contributed by atoms with Gasteiger partial charge in [0.15, 0.2) is 5.03 Å². The van der Waals surface area contributed by atoms with Crippen molar-refractivity contribution in [3.05, 3.63) is 66.2 Å². The third-order valence-electron chi connectivity index (χ3n) is 5.19.